The molecular weight excluding hydrogens is 374 g/mol. The molecule has 2 aromatic heterocycles. The normalized spacial score (nSPS) is 10.8. The lowest BCUT2D eigenvalue weighted by atomic mass is 10.1. The van der Waals surface area contributed by atoms with Crippen molar-refractivity contribution in [2.45, 2.75) is 13.5 Å². The van der Waals surface area contributed by atoms with Gasteiger partial charge < -0.3 is 5.32 Å². The van der Waals surface area contributed by atoms with Gasteiger partial charge in [0.25, 0.3) is 5.91 Å². The van der Waals surface area contributed by atoms with Crippen molar-refractivity contribution in [1.82, 2.24) is 24.9 Å². The third-order valence-electron chi connectivity index (χ3n) is 4.49. The number of rotatable bonds is 5. The van der Waals surface area contributed by atoms with E-state index in [1.165, 1.54) is 0 Å². The fraction of sp³-hybridized carbons (Fsp3) is 0.0952. The summed E-state index contributed by atoms with van der Waals surface area (Å²) < 4.78 is 3.49. The van der Waals surface area contributed by atoms with Crippen molar-refractivity contribution in [2.24, 2.45) is 0 Å². The van der Waals surface area contributed by atoms with Crippen LogP contribution in [0.3, 0.4) is 0 Å². The van der Waals surface area contributed by atoms with Crippen LogP contribution in [0.5, 0.6) is 0 Å². The van der Waals surface area contributed by atoms with E-state index in [0.717, 1.165) is 22.6 Å². The number of nitrogens with one attached hydrogen (secondary N) is 1. The smallest absolute Gasteiger partial charge is 0.255 e. The van der Waals surface area contributed by atoms with Gasteiger partial charge >= 0.3 is 0 Å². The van der Waals surface area contributed by atoms with E-state index in [1.54, 1.807) is 27.8 Å². The lowest BCUT2D eigenvalue weighted by Gasteiger charge is -2.11. The van der Waals surface area contributed by atoms with Crippen LogP contribution in [0.4, 0.5) is 0 Å². The minimum absolute atomic E-state index is 0.180. The van der Waals surface area contributed by atoms with E-state index in [0.29, 0.717) is 17.1 Å². The van der Waals surface area contributed by atoms with E-state index >= 15 is 0 Å². The first-order valence-electron chi connectivity index (χ1n) is 8.80. The van der Waals surface area contributed by atoms with E-state index < -0.39 is 0 Å². The molecular formula is C21H18ClN5O. The predicted octanol–water partition coefficient (Wildman–Crippen LogP) is 3.95. The summed E-state index contributed by atoms with van der Waals surface area (Å²) in [6.07, 6.45) is 5.17. The predicted molar refractivity (Wildman–Crippen MR) is 108 cm³/mol. The number of benzene rings is 2. The van der Waals surface area contributed by atoms with Gasteiger partial charge in [0.1, 0.15) is 0 Å². The molecule has 0 saturated carbocycles. The monoisotopic (exact) mass is 391 g/mol. The van der Waals surface area contributed by atoms with Gasteiger partial charge in [0.2, 0.25) is 0 Å². The second kappa shape index (κ2) is 7.70. The van der Waals surface area contributed by atoms with Gasteiger partial charge in [-0.3, -0.25) is 4.79 Å². The molecule has 0 fully saturated rings. The Morgan fingerprint density at radius 1 is 1.11 bits per heavy atom. The Bertz CT molecular complexity index is 1120. The van der Waals surface area contributed by atoms with Crippen LogP contribution in [0.2, 0.25) is 5.02 Å². The highest BCUT2D eigenvalue weighted by molar-refractivity contribution is 6.30. The van der Waals surface area contributed by atoms with Gasteiger partial charge in [-0.1, -0.05) is 35.9 Å². The molecule has 0 aliphatic carbocycles. The molecule has 0 aliphatic rings. The number of halogens is 1. The molecule has 1 amide bonds. The Balaban J connectivity index is 1.53. The molecule has 6 nitrogen and oxygen atoms in total. The first-order chi connectivity index (χ1) is 13.6. The molecule has 0 bridgehead atoms. The van der Waals surface area contributed by atoms with Gasteiger partial charge in [0.15, 0.2) is 0 Å². The number of hydrogen-bond donors (Lipinski definition) is 1. The van der Waals surface area contributed by atoms with Crippen LogP contribution >= 0.6 is 11.6 Å². The number of hydrogen-bond acceptors (Lipinski definition) is 3. The summed E-state index contributed by atoms with van der Waals surface area (Å²) in [6, 6.07) is 17.1. The topological polar surface area (TPSA) is 64.7 Å². The number of para-hydroxylation sites is 1. The minimum Gasteiger partial charge on any atom is -0.348 e. The van der Waals surface area contributed by atoms with E-state index in [2.05, 4.69) is 15.5 Å². The molecule has 0 atom stereocenters. The second-order valence-corrected chi connectivity index (χ2v) is 6.73. The Morgan fingerprint density at radius 2 is 1.96 bits per heavy atom. The summed E-state index contributed by atoms with van der Waals surface area (Å²) in [4.78, 5) is 12.7. The summed E-state index contributed by atoms with van der Waals surface area (Å²) in [5, 5.41) is 12.2. The van der Waals surface area contributed by atoms with Gasteiger partial charge in [0.05, 0.1) is 28.8 Å². The standard InChI is InChI=1S/C21H18ClN5O/c1-15-19(14-25-27(15)18-8-4-7-17(22)12-18)21(28)23-13-16-6-2-3-9-20(16)26-11-5-10-24-26/h2-12,14H,13H2,1H3,(H,23,28). The fourth-order valence-electron chi connectivity index (χ4n) is 3.07. The Kier molecular flexibility index (Phi) is 4.95. The molecule has 4 aromatic rings. The van der Waals surface area contributed by atoms with E-state index in [1.807, 2.05) is 61.7 Å². The van der Waals surface area contributed by atoms with Crippen LogP contribution in [0.25, 0.3) is 11.4 Å². The van der Waals surface area contributed by atoms with E-state index in [9.17, 15) is 4.79 Å². The largest absolute Gasteiger partial charge is 0.348 e. The van der Waals surface area contributed by atoms with Crippen LogP contribution < -0.4 is 5.32 Å². The van der Waals surface area contributed by atoms with E-state index in [4.69, 9.17) is 11.6 Å². The highest BCUT2D eigenvalue weighted by atomic mass is 35.5. The number of amides is 1. The molecule has 1 N–H and O–H groups in total. The van der Waals surface area contributed by atoms with Crippen molar-refractivity contribution in [3.05, 3.63) is 95.0 Å². The number of aromatic nitrogens is 4. The lowest BCUT2D eigenvalue weighted by molar-refractivity contribution is 0.0950. The molecule has 7 heteroatoms. The maximum Gasteiger partial charge on any atom is 0.255 e. The minimum atomic E-state index is -0.180. The maximum absolute atomic E-state index is 12.7. The van der Waals surface area contributed by atoms with Gasteiger partial charge in [-0.05, 0) is 42.8 Å². The van der Waals surface area contributed by atoms with Gasteiger partial charge in [-0.2, -0.15) is 10.2 Å². The zero-order chi connectivity index (χ0) is 19.5. The number of nitrogens with zero attached hydrogens (tertiary/aromatic N) is 4. The van der Waals surface area contributed by atoms with Crippen molar-refractivity contribution >= 4 is 17.5 Å². The average Bonchev–Trinajstić information content (AvgIpc) is 3.36. The SMILES string of the molecule is Cc1c(C(=O)NCc2ccccc2-n2cccn2)cnn1-c1cccc(Cl)c1. The Labute approximate surface area is 167 Å². The number of carbonyl (C=O) groups excluding carboxylic acids is 1. The van der Waals surface area contributed by atoms with Crippen molar-refractivity contribution in [3.63, 3.8) is 0 Å². The molecule has 0 unspecified atom stereocenters. The average molecular weight is 392 g/mol. The molecule has 28 heavy (non-hydrogen) atoms. The summed E-state index contributed by atoms with van der Waals surface area (Å²) in [7, 11) is 0. The first kappa shape index (κ1) is 18.0. The summed E-state index contributed by atoms with van der Waals surface area (Å²) in [5.41, 5.74) is 3.99. The zero-order valence-electron chi connectivity index (χ0n) is 15.2. The molecule has 4 rings (SSSR count). The highest BCUT2D eigenvalue weighted by Crippen LogP contribution is 2.18. The lowest BCUT2D eigenvalue weighted by Crippen LogP contribution is -2.24. The van der Waals surface area contributed by atoms with Crippen molar-refractivity contribution in [1.29, 1.82) is 0 Å². The van der Waals surface area contributed by atoms with Crippen LogP contribution in [0.15, 0.2) is 73.2 Å². The first-order valence-corrected chi connectivity index (χ1v) is 9.18. The molecule has 0 saturated heterocycles. The molecule has 2 aromatic carbocycles. The van der Waals surface area contributed by atoms with E-state index in [-0.39, 0.29) is 5.91 Å². The van der Waals surface area contributed by atoms with Crippen LogP contribution in [0, 0.1) is 6.92 Å². The Hall–Kier alpha value is -3.38. The van der Waals surface area contributed by atoms with Crippen LogP contribution in [0.1, 0.15) is 21.6 Å². The van der Waals surface area contributed by atoms with Gasteiger partial charge in [-0.15, -0.1) is 0 Å². The number of carbonyl (C=O) groups is 1. The third-order valence-corrected chi connectivity index (χ3v) is 4.72. The summed E-state index contributed by atoms with van der Waals surface area (Å²) in [6.45, 7) is 2.25. The third kappa shape index (κ3) is 3.54. The second-order valence-electron chi connectivity index (χ2n) is 6.30. The molecule has 2 heterocycles. The molecule has 0 radical (unpaired) electrons. The fourth-order valence-corrected chi connectivity index (χ4v) is 3.25. The maximum atomic E-state index is 12.7. The molecule has 0 aliphatic heterocycles. The van der Waals surface area contributed by atoms with Crippen molar-refractivity contribution < 1.29 is 4.79 Å². The van der Waals surface area contributed by atoms with Gasteiger partial charge in [-0.25, -0.2) is 9.36 Å². The van der Waals surface area contributed by atoms with Gasteiger partial charge in [0, 0.05) is 24.0 Å². The molecule has 0 spiro atoms. The Morgan fingerprint density at radius 3 is 2.75 bits per heavy atom. The van der Waals surface area contributed by atoms with Crippen LogP contribution in [-0.2, 0) is 6.54 Å². The highest BCUT2D eigenvalue weighted by Gasteiger charge is 2.16. The van der Waals surface area contributed by atoms with Crippen molar-refractivity contribution in [2.75, 3.05) is 0 Å². The molecule has 140 valence electrons. The zero-order valence-corrected chi connectivity index (χ0v) is 16.0. The summed E-state index contributed by atoms with van der Waals surface area (Å²) >= 11 is 6.06. The van der Waals surface area contributed by atoms with Crippen molar-refractivity contribution in [3.8, 4) is 11.4 Å². The summed E-state index contributed by atoms with van der Waals surface area (Å²) in [5.74, 6) is -0.180. The quantitative estimate of drug-likeness (QED) is 0.560. The van der Waals surface area contributed by atoms with Crippen LogP contribution in [-0.4, -0.2) is 25.5 Å².